The van der Waals surface area contributed by atoms with Crippen molar-refractivity contribution in [3.8, 4) is 11.5 Å². The molecule has 1 aliphatic heterocycles. The van der Waals surface area contributed by atoms with Gasteiger partial charge in [0.1, 0.15) is 12.1 Å². The van der Waals surface area contributed by atoms with Crippen LogP contribution in [0, 0.1) is 0 Å². The Morgan fingerprint density at radius 2 is 1.77 bits per heavy atom. The molecule has 2 N–H and O–H groups in total. The summed E-state index contributed by atoms with van der Waals surface area (Å²) < 4.78 is 10.4. The standard InChI is InChI=1S/C21H22ClN3O5/c1-21(14-5-7-15(22)8-6-14)19(27)25(20(28)24-21)12-18(26)23-11-13-4-9-16(29-2)17(10-13)30-3/h4-10H,11-12H2,1-3H3,(H,23,26)(H,24,28). The van der Waals surface area contributed by atoms with E-state index in [4.69, 9.17) is 21.1 Å². The van der Waals surface area contributed by atoms with Gasteiger partial charge < -0.3 is 20.1 Å². The fourth-order valence-electron chi connectivity index (χ4n) is 3.21. The van der Waals surface area contributed by atoms with E-state index in [9.17, 15) is 14.4 Å². The molecule has 0 bridgehead atoms. The smallest absolute Gasteiger partial charge is 0.325 e. The van der Waals surface area contributed by atoms with E-state index in [1.807, 2.05) is 0 Å². The lowest BCUT2D eigenvalue weighted by atomic mass is 9.92. The summed E-state index contributed by atoms with van der Waals surface area (Å²) in [4.78, 5) is 38.5. The molecule has 30 heavy (non-hydrogen) atoms. The lowest BCUT2D eigenvalue weighted by molar-refractivity contribution is -0.134. The number of nitrogens with zero attached hydrogens (tertiary/aromatic N) is 1. The van der Waals surface area contributed by atoms with Crippen LogP contribution in [0.5, 0.6) is 11.5 Å². The van der Waals surface area contributed by atoms with E-state index in [1.54, 1.807) is 49.4 Å². The molecule has 1 heterocycles. The molecule has 1 saturated heterocycles. The molecule has 2 aromatic rings. The number of rotatable bonds is 7. The molecule has 1 atom stereocenters. The Labute approximate surface area is 179 Å². The van der Waals surface area contributed by atoms with E-state index in [1.165, 1.54) is 14.2 Å². The second-order valence-electron chi connectivity index (χ2n) is 6.92. The van der Waals surface area contributed by atoms with Crippen molar-refractivity contribution in [3.05, 3.63) is 58.6 Å². The third kappa shape index (κ3) is 4.18. The van der Waals surface area contributed by atoms with Crippen molar-refractivity contribution in [1.82, 2.24) is 15.5 Å². The fourth-order valence-corrected chi connectivity index (χ4v) is 3.34. The first-order chi connectivity index (χ1) is 14.3. The van der Waals surface area contributed by atoms with Gasteiger partial charge in [0.2, 0.25) is 5.91 Å². The molecule has 0 spiro atoms. The molecule has 0 aromatic heterocycles. The van der Waals surface area contributed by atoms with Crippen LogP contribution in [0.4, 0.5) is 4.79 Å². The first-order valence-corrected chi connectivity index (χ1v) is 9.54. The van der Waals surface area contributed by atoms with Crippen molar-refractivity contribution in [2.45, 2.75) is 19.0 Å². The van der Waals surface area contributed by atoms with Crippen molar-refractivity contribution in [1.29, 1.82) is 0 Å². The number of ether oxygens (including phenoxy) is 2. The average molecular weight is 432 g/mol. The minimum absolute atomic E-state index is 0.206. The largest absolute Gasteiger partial charge is 0.493 e. The molecule has 0 aliphatic carbocycles. The third-order valence-electron chi connectivity index (χ3n) is 4.94. The molecule has 4 amide bonds. The molecule has 158 valence electrons. The Bertz CT molecular complexity index is 979. The Balaban J connectivity index is 1.64. The lowest BCUT2D eigenvalue weighted by Gasteiger charge is -2.22. The number of amides is 4. The van der Waals surface area contributed by atoms with Gasteiger partial charge in [0.05, 0.1) is 14.2 Å². The molecular formula is C21H22ClN3O5. The number of nitrogens with one attached hydrogen (secondary N) is 2. The summed E-state index contributed by atoms with van der Waals surface area (Å²) in [6, 6.07) is 11.2. The van der Waals surface area contributed by atoms with Crippen LogP contribution in [-0.2, 0) is 21.7 Å². The maximum absolute atomic E-state index is 12.9. The van der Waals surface area contributed by atoms with Crippen LogP contribution >= 0.6 is 11.6 Å². The summed E-state index contributed by atoms with van der Waals surface area (Å²) >= 11 is 5.90. The quantitative estimate of drug-likeness (QED) is 0.656. The lowest BCUT2D eigenvalue weighted by Crippen LogP contribution is -2.43. The maximum Gasteiger partial charge on any atom is 0.325 e. The van der Waals surface area contributed by atoms with Crippen molar-refractivity contribution in [2.24, 2.45) is 0 Å². The molecule has 1 unspecified atom stereocenters. The minimum atomic E-state index is -1.26. The number of carbonyl (C=O) groups is 3. The van der Waals surface area contributed by atoms with Crippen molar-refractivity contribution < 1.29 is 23.9 Å². The minimum Gasteiger partial charge on any atom is -0.493 e. The molecule has 3 rings (SSSR count). The predicted octanol–water partition coefficient (Wildman–Crippen LogP) is 2.44. The van der Waals surface area contributed by atoms with Gasteiger partial charge in [0.25, 0.3) is 5.91 Å². The monoisotopic (exact) mass is 431 g/mol. The van der Waals surface area contributed by atoms with Gasteiger partial charge in [-0.15, -0.1) is 0 Å². The van der Waals surface area contributed by atoms with E-state index >= 15 is 0 Å². The van der Waals surface area contributed by atoms with Crippen LogP contribution in [0.15, 0.2) is 42.5 Å². The van der Waals surface area contributed by atoms with Gasteiger partial charge in [0.15, 0.2) is 11.5 Å². The second kappa shape index (κ2) is 8.62. The van der Waals surface area contributed by atoms with Crippen LogP contribution < -0.4 is 20.1 Å². The zero-order valence-electron chi connectivity index (χ0n) is 16.8. The summed E-state index contributed by atoms with van der Waals surface area (Å²) in [6.45, 7) is 1.41. The van der Waals surface area contributed by atoms with E-state index < -0.39 is 23.4 Å². The average Bonchev–Trinajstić information content (AvgIpc) is 2.96. The van der Waals surface area contributed by atoms with Crippen molar-refractivity contribution in [2.75, 3.05) is 20.8 Å². The van der Waals surface area contributed by atoms with Gasteiger partial charge >= 0.3 is 6.03 Å². The SMILES string of the molecule is COc1ccc(CNC(=O)CN2C(=O)NC(C)(c3ccc(Cl)cc3)C2=O)cc1OC. The molecule has 0 radical (unpaired) electrons. The number of imide groups is 1. The Morgan fingerprint density at radius 1 is 1.10 bits per heavy atom. The Hall–Kier alpha value is -3.26. The first kappa shape index (κ1) is 21.4. The molecule has 0 saturated carbocycles. The maximum atomic E-state index is 12.9. The molecule has 2 aromatic carbocycles. The normalized spacial score (nSPS) is 18.2. The van der Waals surface area contributed by atoms with Gasteiger partial charge in [-0.3, -0.25) is 14.5 Å². The topological polar surface area (TPSA) is 97.0 Å². The zero-order valence-corrected chi connectivity index (χ0v) is 17.6. The molecule has 8 nitrogen and oxygen atoms in total. The summed E-state index contributed by atoms with van der Waals surface area (Å²) in [5, 5.41) is 5.88. The highest BCUT2D eigenvalue weighted by Crippen LogP contribution is 2.30. The number of hydrogen-bond acceptors (Lipinski definition) is 5. The number of hydrogen-bond donors (Lipinski definition) is 2. The number of carbonyl (C=O) groups excluding carboxylic acids is 3. The van der Waals surface area contributed by atoms with Crippen molar-refractivity contribution >= 4 is 29.4 Å². The third-order valence-corrected chi connectivity index (χ3v) is 5.19. The predicted molar refractivity (Wildman–Crippen MR) is 110 cm³/mol. The molecule has 1 aliphatic rings. The van der Waals surface area contributed by atoms with Crippen LogP contribution in [-0.4, -0.2) is 43.5 Å². The summed E-state index contributed by atoms with van der Waals surface area (Å²) in [5.41, 5.74) is 0.105. The van der Waals surface area contributed by atoms with Gasteiger partial charge in [-0.2, -0.15) is 0 Å². The van der Waals surface area contributed by atoms with Gasteiger partial charge in [-0.25, -0.2) is 4.79 Å². The van der Waals surface area contributed by atoms with Crippen molar-refractivity contribution in [3.63, 3.8) is 0 Å². The van der Waals surface area contributed by atoms with Crippen LogP contribution in [0.25, 0.3) is 0 Å². The van der Waals surface area contributed by atoms with Crippen LogP contribution in [0.3, 0.4) is 0 Å². The Morgan fingerprint density at radius 3 is 2.40 bits per heavy atom. The number of benzene rings is 2. The molecule has 9 heteroatoms. The van der Waals surface area contributed by atoms with Crippen LogP contribution in [0.1, 0.15) is 18.1 Å². The van der Waals surface area contributed by atoms with Gasteiger partial charge in [0, 0.05) is 11.6 Å². The van der Waals surface area contributed by atoms with Crippen LogP contribution in [0.2, 0.25) is 5.02 Å². The summed E-state index contributed by atoms with van der Waals surface area (Å²) in [7, 11) is 3.06. The number of halogens is 1. The second-order valence-corrected chi connectivity index (χ2v) is 7.36. The van der Waals surface area contributed by atoms with E-state index in [0.29, 0.717) is 22.1 Å². The van der Waals surface area contributed by atoms with E-state index in [-0.39, 0.29) is 13.1 Å². The number of urea groups is 1. The van der Waals surface area contributed by atoms with Gasteiger partial charge in [-0.1, -0.05) is 29.8 Å². The molecular weight excluding hydrogens is 410 g/mol. The molecule has 1 fully saturated rings. The highest BCUT2D eigenvalue weighted by Gasteiger charge is 2.49. The highest BCUT2D eigenvalue weighted by molar-refractivity contribution is 6.30. The highest BCUT2D eigenvalue weighted by atomic mass is 35.5. The Kier molecular flexibility index (Phi) is 6.17. The van der Waals surface area contributed by atoms with Gasteiger partial charge in [-0.05, 0) is 42.3 Å². The zero-order chi connectivity index (χ0) is 21.9. The van der Waals surface area contributed by atoms with E-state index in [2.05, 4.69) is 10.6 Å². The summed E-state index contributed by atoms with van der Waals surface area (Å²) in [5.74, 6) is 0.148. The first-order valence-electron chi connectivity index (χ1n) is 9.16. The summed E-state index contributed by atoms with van der Waals surface area (Å²) in [6.07, 6.45) is 0. The fraction of sp³-hybridized carbons (Fsp3) is 0.286. The number of methoxy groups -OCH3 is 2. The van der Waals surface area contributed by atoms with E-state index in [0.717, 1.165) is 10.5 Å².